The van der Waals surface area contributed by atoms with E-state index in [2.05, 4.69) is 0 Å². The molecule has 2 aromatic rings. The number of hydrogen-bond acceptors (Lipinski definition) is 3. The molecule has 5 heteroatoms. The fourth-order valence-corrected chi connectivity index (χ4v) is 3.14. The fourth-order valence-electron chi connectivity index (χ4n) is 2.25. The number of aryl methyl sites for hydroxylation is 1. The highest BCUT2D eigenvalue weighted by molar-refractivity contribution is 7.92. The summed E-state index contributed by atoms with van der Waals surface area (Å²) in [5, 5.41) is 0. The van der Waals surface area contributed by atoms with Gasteiger partial charge in [0, 0.05) is 0 Å². The first-order chi connectivity index (χ1) is 10.4. The molecule has 118 valence electrons. The van der Waals surface area contributed by atoms with Crippen LogP contribution in [0.3, 0.4) is 0 Å². The lowest BCUT2D eigenvalue weighted by atomic mass is 10.1. The van der Waals surface area contributed by atoms with Crippen molar-refractivity contribution in [2.75, 3.05) is 17.2 Å². The number of nitrogens with zero attached hydrogens (tertiary/aromatic N) is 1. The molecule has 0 atom stereocenters. The second-order valence-electron chi connectivity index (χ2n) is 5.19. The van der Waals surface area contributed by atoms with Gasteiger partial charge in [-0.05, 0) is 43.7 Å². The Labute approximate surface area is 132 Å². The van der Waals surface area contributed by atoms with Crippen molar-refractivity contribution in [1.29, 1.82) is 0 Å². The zero-order valence-corrected chi connectivity index (χ0v) is 13.9. The molecule has 0 fully saturated rings. The average molecular weight is 319 g/mol. The summed E-state index contributed by atoms with van der Waals surface area (Å²) in [5.41, 5.74) is 2.70. The molecule has 0 spiro atoms. The highest BCUT2D eigenvalue weighted by atomic mass is 32.2. The van der Waals surface area contributed by atoms with Gasteiger partial charge < -0.3 is 4.74 Å². The zero-order valence-electron chi connectivity index (χ0n) is 13.1. The second kappa shape index (κ2) is 6.83. The van der Waals surface area contributed by atoms with Crippen molar-refractivity contribution >= 4 is 15.7 Å². The Kier molecular flexibility index (Phi) is 5.08. The molecule has 0 aliphatic rings. The van der Waals surface area contributed by atoms with Crippen molar-refractivity contribution < 1.29 is 13.2 Å². The third-order valence-corrected chi connectivity index (χ3v) is 4.39. The first kappa shape index (κ1) is 16.4. The average Bonchev–Trinajstić information content (AvgIpc) is 2.45. The van der Waals surface area contributed by atoms with E-state index in [4.69, 9.17) is 4.74 Å². The van der Waals surface area contributed by atoms with Gasteiger partial charge in [-0.15, -0.1) is 0 Å². The van der Waals surface area contributed by atoms with Gasteiger partial charge in [0.25, 0.3) is 0 Å². The number of ether oxygens (including phenoxy) is 1. The monoisotopic (exact) mass is 319 g/mol. The van der Waals surface area contributed by atoms with Crippen molar-refractivity contribution in [3.63, 3.8) is 0 Å². The van der Waals surface area contributed by atoms with Gasteiger partial charge in [-0.25, -0.2) is 8.42 Å². The van der Waals surface area contributed by atoms with E-state index in [1.54, 1.807) is 24.3 Å². The van der Waals surface area contributed by atoms with Crippen molar-refractivity contribution in [3.05, 3.63) is 59.7 Å². The predicted molar refractivity (Wildman–Crippen MR) is 89.8 cm³/mol. The third-order valence-electron chi connectivity index (χ3n) is 3.24. The van der Waals surface area contributed by atoms with Gasteiger partial charge in [-0.1, -0.05) is 29.8 Å². The van der Waals surface area contributed by atoms with Crippen molar-refractivity contribution in [1.82, 2.24) is 0 Å². The van der Waals surface area contributed by atoms with Crippen LogP contribution in [0.1, 0.15) is 18.1 Å². The Morgan fingerprint density at radius 1 is 1.09 bits per heavy atom. The molecule has 0 aliphatic carbocycles. The number of benzene rings is 2. The second-order valence-corrected chi connectivity index (χ2v) is 7.09. The van der Waals surface area contributed by atoms with Crippen LogP contribution in [0.25, 0.3) is 0 Å². The van der Waals surface area contributed by atoms with Gasteiger partial charge in [-0.3, -0.25) is 4.31 Å². The SMILES string of the molecule is CCOc1ccc(N(Cc2cccc(C)c2)S(C)(=O)=O)cc1. The molecule has 0 amide bonds. The lowest BCUT2D eigenvalue weighted by molar-refractivity contribution is 0.340. The van der Waals surface area contributed by atoms with Gasteiger partial charge in [0.2, 0.25) is 10.0 Å². The lowest BCUT2D eigenvalue weighted by Crippen LogP contribution is -2.29. The smallest absolute Gasteiger partial charge is 0.232 e. The Hall–Kier alpha value is -2.01. The molecule has 0 unspecified atom stereocenters. The van der Waals surface area contributed by atoms with E-state index in [0.29, 0.717) is 18.8 Å². The van der Waals surface area contributed by atoms with Gasteiger partial charge in [-0.2, -0.15) is 0 Å². The topological polar surface area (TPSA) is 46.6 Å². The van der Waals surface area contributed by atoms with E-state index in [9.17, 15) is 8.42 Å². The number of sulfonamides is 1. The predicted octanol–water partition coefficient (Wildman–Crippen LogP) is 3.36. The summed E-state index contributed by atoms with van der Waals surface area (Å²) < 4.78 is 31.0. The summed E-state index contributed by atoms with van der Waals surface area (Å²) in [5.74, 6) is 0.732. The highest BCUT2D eigenvalue weighted by Gasteiger charge is 2.18. The number of hydrogen-bond donors (Lipinski definition) is 0. The molecule has 0 aromatic heterocycles. The normalized spacial score (nSPS) is 11.2. The van der Waals surface area contributed by atoms with Crippen LogP contribution in [0.5, 0.6) is 5.75 Å². The Balaban J connectivity index is 2.30. The minimum Gasteiger partial charge on any atom is -0.494 e. The molecule has 0 radical (unpaired) electrons. The van der Waals surface area contributed by atoms with E-state index in [1.165, 1.54) is 10.6 Å². The van der Waals surface area contributed by atoms with Gasteiger partial charge in [0.15, 0.2) is 0 Å². The molecule has 0 N–H and O–H groups in total. The Morgan fingerprint density at radius 2 is 1.77 bits per heavy atom. The zero-order chi connectivity index (χ0) is 16.2. The van der Waals surface area contributed by atoms with Crippen LogP contribution in [0.15, 0.2) is 48.5 Å². The summed E-state index contributed by atoms with van der Waals surface area (Å²) in [4.78, 5) is 0. The van der Waals surface area contributed by atoms with Crippen molar-refractivity contribution in [3.8, 4) is 5.75 Å². The molecule has 4 nitrogen and oxygen atoms in total. The molecule has 0 bridgehead atoms. The number of rotatable bonds is 6. The minimum atomic E-state index is -3.36. The maximum absolute atomic E-state index is 12.1. The summed E-state index contributed by atoms with van der Waals surface area (Å²) in [6.07, 6.45) is 1.22. The van der Waals surface area contributed by atoms with Crippen molar-refractivity contribution in [2.45, 2.75) is 20.4 Å². The van der Waals surface area contributed by atoms with E-state index >= 15 is 0 Å². The summed E-state index contributed by atoms with van der Waals surface area (Å²) in [6.45, 7) is 4.80. The van der Waals surface area contributed by atoms with Crippen molar-refractivity contribution in [2.24, 2.45) is 0 Å². The number of anilines is 1. The molecule has 0 heterocycles. The van der Waals surface area contributed by atoms with Crippen LogP contribution in [0, 0.1) is 6.92 Å². The fraction of sp³-hybridized carbons (Fsp3) is 0.294. The summed E-state index contributed by atoms with van der Waals surface area (Å²) in [6, 6.07) is 14.9. The van der Waals surface area contributed by atoms with Crippen LogP contribution >= 0.6 is 0 Å². The molecule has 2 rings (SSSR count). The molecule has 0 saturated heterocycles. The molecule has 0 saturated carbocycles. The largest absolute Gasteiger partial charge is 0.494 e. The van der Waals surface area contributed by atoms with E-state index in [0.717, 1.165) is 16.9 Å². The van der Waals surface area contributed by atoms with Crippen LogP contribution in [0.4, 0.5) is 5.69 Å². The highest BCUT2D eigenvalue weighted by Crippen LogP contribution is 2.23. The molecular formula is C17H21NO3S. The van der Waals surface area contributed by atoms with E-state index in [-0.39, 0.29) is 0 Å². The standard InChI is InChI=1S/C17H21NO3S/c1-4-21-17-10-8-16(9-11-17)18(22(3,19)20)13-15-7-5-6-14(2)12-15/h5-12H,4,13H2,1-3H3. The maximum Gasteiger partial charge on any atom is 0.232 e. The van der Waals surface area contributed by atoms with Gasteiger partial charge in [0.1, 0.15) is 5.75 Å². The summed E-state index contributed by atoms with van der Waals surface area (Å²) >= 11 is 0. The molecule has 0 aliphatic heterocycles. The Bertz CT molecular complexity index is 724. The van der Waals surface area contributed by atoms with Gasteiger partial charge >= 0.3 is 0 Å². The van der Waals surface area contributed by atoms with Gasteiger partial charge in [0.05, 0.1) is 25.1 Å². The van der Waals surface area contributed by atoms with Crippen LogP contribution in [0.2, 0.25) is 0 Å². The molecule has 2 aromatic carbocycles. The first-order valence-corrected chi connectivity index (χ1v) is 9.01. The van der Waals surface area contributed by atoms with E-state index in [1.807, 2.05) is 38.1 Å². The Morgan fingerprint density at radius 3 is 2.32 bits per heavy atom. The first-order valence-electron chi connectivity index (χ1n) is 7.16. The maximum atomic E-state index is 12.1. The van der Waals surface area contributed by atoms with Crippen LogP contribution < -0.4 is 9.04 Å². The van der Waals surface area contributed by atoms with Crippen LogP contribution in [-0.4, -0.2) is 21.3 Å². The third kappa shape index (κ3) is 4.24. The molecular weight excluding hydrogens is 298 g/mol. The summed E-state index contributed by atoms with van der Waals surface area (Å²) in [7, 11) is -3.36. The van der Waals surface area contributed by atoms with E-state index < -0.39 is 10.0 Å². The quantitative estimate of drug-likeness (QED) is 0.820. The lowest BCUT2D eigenvalue weighted by Gasteiger charge is -2.23. The minimum absolute atomic E-state index is 0.314. The molecule has 22 heavy (non-hydrogen) atoms. The van der Waals surface area contributed by atoms with Crippen LogP contribution in [-0.2, 0) is 16.6 Å².